The van der Waals surface area contributed by atoms with Crippen LogP contribution in [0.5, 0.6) is 0 Å². The van der Waals surface area contributed by atoms with Gasteiger partial charge in [0.25, 0.3) is 0 Å². The van der Waals surface area contributed by atoms with Crippen LogP contribution >= 0.6 is 11.8 Å². The molecule has 4 bridgehead atoms. The Morgan fingerprint density at radius 1 is 1.28 bits per heavy atom. The van der Waals surface area contributed by atoms with E-state index in [2.05, 4.69) is 21.3 Å². The van der Waals surface area contributed by atoms with E-state index in [9.17, 15) is 4.79 Å². The maximum atomic E-state index is 11.4. The molecule has 0 atom stereocenters. The van der Waals surface area contributed by atoms with E-state index < -0.39 is 0 Å². The molecule has 4 aliphatic carbocycles. The lowest BCUT2D eigenvalue weighted by atomic mass is 9.49. The number of esters is 1. The van der Waals surface area contributed by atoms with Gasteiger partial charge in [0.15, 0.2) is 5.16 Å². The average molecular weight is 362 g/mol. The molecule has 136 valence electrons. The van der Waals surface area contributed by atoms with Gasteiger partial charge >= 0.3 is 5.97 Å². The van der Waals surface area contributed by atoms with Crippen LogP contribution in [0.1, 0.15) is 44.3 Å². The van der Waals surface area contributed by atoms with E-state index in [-0.39, 0.29) is 11.7 Å². The lowest BCUT2D eigenvalue weighted by Gasteiger charge is -2.56. The van der Waals surface area contributed by atoms with Gasteiger partial charge in [-0.2, -0.15) is 0 Å². The summed E-state index contributed by atoms with van der Waals surface area (Å²) in [6.45, 7) is 4.57. The zero-order chi connectivity index (χ0) is 17.4. The second-order valence-corrected chi connectivity index (χ2v) is 9.20. The molecule has 0 amide bonds. The maximum absolute atomic E-state index is 11.4. The number of ether oxygens (including phenoxy) is 1. The van der Waals surface area contributed by atoms with Crippen molar-refractivity contribution in [3.05, 3.63) is 18.5 Å². The molecule has 0 spiro atoms. The number of methoxy groups -OCH3 is 1. The summed E-state index contributed by atoms with van der Waals surface area (Å²) >= 11 is 1.40. The Morgan fingerprint density at radius 3 is 2.48 bits per heavy atom. The fourth-order valence-electron chi connectivity index (χ4n) is 5.89. The number of carbonyl (C=O) groups excluding carboxylic acids is 1. The first kappa shape index (κ1) is 17.1. The molecule has 1 aromatic rings. The molecule has 4 aliphatic rings. The van der Waals surface area contributed by atoms with Crippen molar-refractivity contribution in [2.24, 2.45) is 23.2 Å². The van der Waals surface area contributed by atoms with Gasteiger partial charge in [-0.15, -0.1) is 16.8 Å². The van der Waals surface area contributed by atoms with Gasteiger partial charge in [-0.25, -0.2) is 0 Å². The first-order valence-electron chi connectivity index (χ1n) is 9.33. The molecule has 0 aliphatic heterocycles. The minimum Gasteiger partial charge on any atom is -0.468 e. The van der Waals surface area contributed by atoms with E-state index >= 15 is 0 Å². The standard InChI is InChI=1S/C19H27N3O2S/c1-3-4-22-16(20-21-18(22)25-12-17(23)24-2)11-19-8-13-5-14(9-19)7-15(6-13)10-19/h3,13-15H,1,4-12H2,2H3. The van der Waals surface area contributed by atoms with Crippen LogP contribution in [0.2, 0.25) is 0 Å². The van der Waals surface area contributed by atoms with Crippen molar-refractivity contribution in [1.29, 1.82) is 0 Å². The van der Waals surface area contributed by atoms with Crippen LogP contribution in [0, 0.1) is 23.2 Å². The SMILES string of the molecule is C=CCn1c(CC23CC4CC(CC(C4)C2)C3)nnc1SCC(=O)OC. The van der Waals surface area contributed by atoms with E-state index in [1.165, 1.54) is 57.4 Å². The number of aromatic nitrogens is 3. The van der Waals surface area contributed by atoms with E-state index in [4.69, 9.17) is 4.74 Å². The minimum absolute atomic E-state index is 0.235. The second kappa shape index (κ2) is 6.78. The highest BCUT2D eigenvalue weighted by Gasteiger charge is 2.51. The highest BCUT2D eigenvalue weighted by Crippen LogP contribution is 2.61. The summed E-state index contributed by atoms with van der Waals surface area (Å²) < 4.78 is 6.87. The summed E-state index contributed by atoms with van der Waals surface area (Å²) in [5.41, 5.74) is 0.436. The number of rotatable bonds is 7. The molecule has 0 saturated heterocycles. The molecule has 25 heavy (non-hydrogen) atoms. The zero-order valence-electron chi connectivity index (χ0n) is 14.9. The van der Waals surface area contributed by atoms with Crippen LogP contribution in [0.25, 0.3) is 0 Å². The Kier molecular flexibility index (Phi) is 4.65. The van der Waals surface area contributed by atoms with Crippen molar-refractivity contribution in [1.82, 2.24) is 14.8 Å². The van der Waals surface area contributed by atoms with Crippen molar-refractivity contribution in [3.8, 4) is 0 Å². The molecule has 1 heterocycles. The summed E-state index contributed by atoms with van der Waals surface area (Å²) in [6, 6.07) is 0. The van der Waals surface area contributed by atoms with Crippen LogP contribution < -0.4 is 0 Å². The lowest BCUT2D eigenvalue weighted by Crippen LogP contribution is -2.47. The normalized spacial score (nSPS) is 32.8. The van der Waals surface area contributed by atoms with Crippen molar-refractivity contribution in [3.63, 3.8) is 0 Å². The summed E-state index contributed by atoms with van der Waals surface area (Å²) in [7, 11) is 1.41. The highest BCUT2D eigenvalue weighted by atomic mass is 32.2. The molecule has 5 rings (SSSR count). The minimum atomic E-state index is -0.235. The first-order valence-corrected chi connectivity index (χ1v) is 10.3. The number of carbonyl (C=O) groups is 1. The van der Waals surface area contributed by atoms with E-state index in [0.29, 0.717) is 12.0 Å². The Morgan fingerprint density at radius 2 is 1.92 bits per heavy atom. The Balaban J connectivity index is 1.53. The molecule has 1 aromatic heterocycles. The van der Waals surface area contributed by atoms with Gasteiger partial charge in [0.05, 0.1) is 12.9 Å². The second-order valence-electron chi connectivity index (χ2n) is 8.26. The largest absolute Gasteiger partial charge is 0.468 e. The number of allylic oxidation sites excluding steroid dienone is 1. The lowest BCUT2D eigenvalue weighted by molar-refractivity contribution is -0.137. The van der Waals surface area contributed by atoms with Crippen LogP contribution in [-0.2, 0) is 22.5 Å². The molecule has 4 fully saturated rings. The third kappa shape index (κ3) is 3.37. The third-order valence-electron chi connectivity index (χ3n) is 6.35. The maximum Gasteiger partial charge on any atom is 0.316 e. The monoisotopic (exact) mass is 361 g/mol. The smallest absolute Gasteiger partial charge is 0.316 e. The van der Waals surface area contributed by atoms with Crippen molar-refractivity contribution >= 4 is 17.7 Å². The van der Waals surface area contributed by atoms with Crippen molar-refractivity contribution < 1.29 is 9.53 Å². The van der Waals surface area contributed by atoms with Gasteiger partial charge in [0.1, 0.15) is 5.82 Å². The van der Waals surface area contributed by atoms with Gasteiger partial charge in [-0.05, 0) is 61.7 Å². The molecule has 6 heteroatoms. The van der Waals surface area contributed by atoms with Crippen LogP contribution in [-0.4, -0.2) is 33.6 Å². The van der Waals surface area contributed by atoms with Crippen molar-refractivity contribution in [2.45, 2.75) is 56.6 Å². The predicted octanol–water partition coefficient (Wildman–Crippen LogP) is 3.49. The summed E-state index contributed by atoms with van der Waals surface area (Å²) in [4.78, 5) is 11.4. The molecule has 0 N–H and O–H groups in total. The van der Waals surface area contributed by atoms with Crippen LogP contribution in [0.3, 0.4) is 0 Å². The highest BCUT2D eigenvalue weighted by molar-refractivity contribution is 7.99. The molecule has 0 unspecified atom stereocenters. The predicted molar refractivity (Wildman–Crippen MR) is 97.3 cm³/mol. The van der Waals surface area contributed by atoms with E-state index in [1.54, 1.807) is 0 Å². The van der Waals surface area contributed by atoms with E-state index in [0.717, 1.165) is 35.2 Å². The number of nitrogens with zero attached hydrogens (tertiary/aromatic N) is 3. The Hall–Kier alpha value is -1.30. The topological polar surface area (TPSA) is 57.0 Å². The van der Waals surface area contributed by atoms with Gasteiger partial charge in [0, 0.05) is 13.0 Å². The summed E-state index contributed by atoms with van der Waals surface area (Å²) in [6.07, 6.45) is 11.4. The fourth-order valence-corrected chi connectivity index (χ4v) is 6.69. The zero-order valence-corrected chi connectivity index (χ0v) is 15.8. The quantitative estimate of drug-likeness (QED) is 0.423. The molecule has 0 radical (unpaired) electrons. The van der Waals surface area contributed by atoms with Gasteiger partial charge in [0.2, 0.25) is 0 Å². The Bertz CT molecular complexity index is 634. The third-order valence-corrected chi connectivity index (χ3v) is 7.29. The van der Waals surface area contributed by atoms with Gasteiger partial charge < -0.3 is 9.30 Å². The number of hydrogen-bond acceptors (Lipinski definition) is 5. The summed E-state index contributed by atoms with van der Waals surface area (Å²) in [5.74, 6) is 3.92. The van der Waals surface area contributed by atoms with Crippen molar-refractivity contribution in [2.75, 3.05) is 12.9 Å². The molecule has 5 nitrogen and oxygen atoms in total. The van der Waals surface area contributed by atoms with E-state index in [1.807, 2.05) is 6.08 Å². The molecule has 4 saturated carbocycles. The number of hydrogen-bond donors (Lipinski definition) is 0. The molecular weight excluding hydrogens is 334 g/mol. The average Bonchev–Trinajstić information content (AvgIpc) is 2.93. The fraction of sp³-hybridized carbons (Fsp3) is 0.737. The number of thioether (sulfide) groups is 1. The molecular formula is C19H27N3O2S. The first-order chi connectivity index (χ1) is 12.1. The van der Waals surface area contributed by atoms with Gasteiger partial charge in [-0.1, -0.05) is 17.8 Å². The summed E-state index contributed by atoms with van der Waals surface area (Å²) in [5, 5.41) is 9.66. The molecule has 0 aromatic carbocycles. The van der Waals surface area contributed by atoms with Crippen LogP contribution in [0.4, 0.5) is 0 Å². The van der Waals surface area contributed by atoms with Crippen LogP contribution in [0.15, 0.2) is 17.8 Å². The Labute approximate surface area is 153 Å². The van der Waals surface area contributed by atoms with Gasteiger partial charge in [-0.3, -0.25) is 4.79 Å².